The van der Waals surface area contributed by atoms with E-state index >= 15 is 0 Å². The van der Waals surface area contributed by atoms with E-state index in [-0.39, 0.29) is 17.4 Å². The van der Waals surface area contributed by atoms with Crippen LogP contribution in [0.2, 0.25) is 0 Å². The predicted molar refractivity (Wildman–Crippen MR) is 101 cm³/mol. The van der Waals surface area contributed by atoms with Crippen LogP contribution in [0.15, 0.2) is 60.9 Å². The lowest BCUT2D eigenvalue weighted by Crippen LogP contribution is -2.28. The van der Waals surface area contributed by atoms with E-state index in [0.29, 0.717) is 18.7 Å². The molecule has 0 spiro atoms. The van der Waals surface area contributed by atoms with Gasteiger partial charge in [-0.3, -0.25) is 4.79 Å². The third-order valence-electron chi connectivity index (χ3n) is 4.99. The van der Waals surface area contributed by atoms with Crippen LogP contribution < -0.4 is 0 Å². The van der Waals surface area contributed by atoms with Gasteiger partial charge in [-0.1, -0.05) is 24.3 Å². The van der Waals surface area contributed by atoms with E-state index in [2.05, 4.69) is 9.97 Å². The van der Waals surface area contributed by atoms with Crippen molar-refractivity contribution >= 4 is 11.9 Å². The van der Waals surface area contributed by atoms with Crippen molar-refractivity contribution in [3.63, 3.8) is 0 Å². The molecule has 1 amide bonds. The molecular formula is C21H19N3O3. The van der Waals surface area contributed by atoms with Gasteiger partial charge in [0.05, 0.1) is 5.56 Å². The summed E-state index contributed by atoms with van der Waals surface area (Å²) < 4.78 is 0. The van der Waals surface area contributed by atoms with Crippen LogP contribution in [-0.2, 0) is 0 Å². The lowest BCUT2D eigenvalue weighted by molar-refractivity contribution is 0.0696. The summed E-state index contributed by atoms with van der Waals surface area (Å²) in [6, 6.07) is 14.4. The Morgan fingerprint density at radius 2 is 1.93 bits per heavy atom. The second-order valence-corrected chi connectivity index (χ2v) is 6.68. The molecule has 0 bridgehead atoms. The molecule has 1 aliphatic rings. The highest BCUT2D eigenvalue weighted by Gasteiger charge is 2.28. The molecule has 6 heteroatoms. The summed E-state index contributed by atoms with van der Waals surface area (Å²) >= 11 is 0. The Bertz CT molecular complexity index is 965. The van der Waals surface area contributed by atoms with Gasteiger partial charge in [-0.15, -0.1) is 0 Å². The number of carboxylic acid groups (broad SMARTS) is 1. The van der Waals surface area contributed by atoms with E-state index in [4.69, 9.17) is 5.11 Å². The Morgan fingerprint density at radius 1 is 1.11 bits per heavy atom. The molecule has 1 aliphatic heterocycles. The van der Waals surface area contributed by atoms with Crippen molar-refractivity contribution in [2.75, 3.05) is 13.1 Å². The number of carboxylic acids is 1. The van der Waals surface area contributed by atoms with Crippen LogP contribution >= 0.6 is 0 Å². The summed E-state index contributed by atoms with van der Waals surface area (Å²) in [6.45, 7) is 1.32. The Morgan fingerprint density at radius 3 is 2.63 bits per heavy atom. The molecule has 2 N–H and O–H groups in total. The first-order valence-corrected chi connectivity index (χ1v) is 8.84. The number of imidazole rings is 1. The largest absolute Gasteiger partial charge is 0.478 e. The summed E-state index contributed by atoms with van der Waals surface area (Å²) in [5.74, 6) is 0.0433. The van der Waals surface area contributed by atoms with Gasteiger partial charge in [0.2, 0.25) is 0 Å². The van der Waals surface area contributed by atoms with Crippen molar-refractivity contribution in [1.82, 2.24) is 14.9 Å². The molecule has 2 heterocycles. The predicted octanol–water partition coefficient (Wildman–Crippen LogP) is 3.40. The number of hydrogen-bond acceptors (Lipinski definition) is 3. The van der Waals surface area contributed by atoms with E-state index in [1.807, 2.05) is 41.3 Å². The molecule has 3 aromatic rings. The molecule has 4 rings (SSSR count). The molecule has 0 aliphatic carbocycles. The van der Waals surface area contributed by atoms with Gasteiger partial charge >= 0.3 is 5.97 Å². The summed E-state index contributed by atoms with van der Waals surface area (Å²) in [5, 5.41) is 9.01. The van der Waals surface area contributed by atoms with E-state index in [0.717, 1.165) is 23.4 Å². The van der Waals surface area contributed by atoms with Crippen LogP contribution in [0.3, 0.4) is 0 Å². The summed E-state index contributed by atoms with van der Waals surface area (Å²) in [4.78, 5) is 33.0. The molecule has 27 heavy (non-hydrogen) atoms. The first-order chi connectivity index (χ1) is 13.1. The molecule has 1 aromatic heterocycles. The van der Waals surface area contributed by atoms with E-state index < -0.39 is 5.97 Å². The van der Waals surface area contributed by atoms with Crippen molar-refractivity contribution in [1.29, 1.82) is 0 Å². The van der Waals surface area contributed by atoms with Gasteiger partial charge in [0.15, 0.2) is 0 Å². The van der Waals surface area contributed by atoms with Crippen LogP contribution in [0.5, 0.6) is 0 Å². The van der Waals surface area contributed by atoms with Crippen LogP contribution in [0.1, 0.15) is 38.6 Å². The van der Waals surface area contributed by atoms with Gasteiger partial charge in [-0.05, 0) is 36.2 Å². The fraction of sp³-hybridized carbons (Fsp3) is 0.190. The summed E-state index contributed by atoms with van der Waals surface area (Å²) in [6.07, 6.45) is 4.31. The number of hydrogen-bond donors (Lipinski definition) is 2. The fourth-order valence-corrected chi connectivity index (χ4v) is 3.52. The Hall–Kier alpha value is -3.41. The summed E-state index contributed by atoms with van der Waals surface area (Å²) in [5.41, 5.74) is 2.87. The van der Waals surface area contributed by atoms with Crippen LogP contribution in [0, 0.1) is 0 Å². The Kier molecular flexibility index (Phi) is 4.46. The molecule has 1 fully saturated rings. The normalized spacial score (nSPS) is 16.4. The number of aromatic nitrogens is 2. The van der Waals surface area contributed by atoms with Crippen molar-refractivity contribution in [3.05, 3.63) is 77.6 Å². The average molecular weight is 361 g/mol. The lowest BCUT2D eigenvalue weighted by atomic mass is 9.97. The minimum Gasteiger partial charge on any atom is -0.478 e. The topological polar surface area (TPSA) is 86.3 Å². The average Bonchev–Trinajstić information content (AvgIpc) is 3.40. The Balaban J connectivity index is 1.48. The highest BCUT2D eigenvalue weighted by Crippen LogP contribution is 2.29. The maximum absolute atomic E-state index is 12.9. The zero-order chi connectivity index (χ0) is 18.8. The number of carbonyl (C=O) groups is 2. The SMILES string of the molecule is O=C(O)c1ccc(C2CCN(C(=O)c3cccc(-c4ncc[nH]4)c3)C2)cc1. The number of likely N-dealkylation sites (tertiary alicyclic amines) is 1. The molecule has 136 valence electrons. The molecule has 0 radical (unpaired) electrons. The second-order valence-electron chi connectivity index (χ2n) is 6.68. The quantitative estimate of drug-likeness (QED) is 0.746. The van der Waals surface area contributed by atoms with Gasteiger partial charge in [-0.2, -0.15) is 0 Å². The number of carbonyl (C=O) groups excluding carboxylic acids is 1. The molecule has 2 aromatic carbocycles. The van der Waals surface area contributed by atoms with Gasteiger partial charge in [0, 0.05) is 42.5 Å². The number of aromatic carboxylic acids is 1. The molecule has 0 saturated carbocycles. The fourth-order valence-electron chi connectivity index (χ4n) is 3.52. The number of nitrogens with zero attached hydrogens (tertiary/aromatic N) is 2. The minimum absolute atomic E-state index is 0.00747. The number of benzene rings is 2. The maximum atomic E-state index is 12.9. The molecular weight excluding hydrogens is 342 g/mol. The molecule has 1 unspecified atom stereocenters. The van der Waals surface area contributed by atoms with Crippen molar-refractivity contribution in [3.8, 4) is 11.4 Å². The third kappa shape index (κ3) is 3.46. The lowest BCUT2D eigenvalue weighted by Gasteiger charge is -2.17. The minimum atomic E-state index is -0.929. The van der Waals surface area contributed by atoms with Gasteiger partial charge in [-0.25, -0.2) is 9.78 Å². The highest BCUT2D eigenvalue weighted by molar-refractivity contribution is 5.95. The zero-order valence-electron chi connectivity index (χ0n) is 14.6. The molecule has 1 saturated heterocycles. The number of aromatic amines is 1. The first kappa shape index (κ1) is 17.0. The second kappa shape index (κ2) is 7.07. The van der Waals surface area contributed by atoms with E-state index in [1.54, 1.807) is 24.5 Å². The van der Waals surface area contributed by atoms with Crippen molar-refractivity contribution in [2.45, 2.75) is 12.3 Å². The van der Waals surface area contributed by atoms with Crippen LogP contribution in [-0.4, -0.2) is 44.9 Å². The Labute approximate surface area is 156 Å². The van der Waals surface area contributed by atoms with Crippen LogP contribution in [0.4, 0.5) is 0 Å². The highest BCUT2D eigenvalue weighted by atomic mass is 16.4. The smallest absolute Gasteiger partial charge is 0.335 e. The number of rotatable bonds is 4. The molecule has 6 nitrogen and oxygen atoms in total. The van der Waals surface area contributed by atoms with Gasteiger partial charge < -0.3 is 15.0 Å². The number of H-pyrrole nitrogens is 1. The zero-order valence-corrected chi connectivity index (χ0v) is 14.6. The van der Waals surface area contributed by atoms with Gasteiger partial charge in [0.1, 0.15) is 5.82 Å². The van der Waals surface area contributed by atoms with E-state index in [9.17, 15) is 9.59 Å². The van der Waals surface area contributed by atoms with Gasteiger partial charge in [0.25, 0.3) is 5.91 Å². The van der Waals surface area contributed by atoms with Crippen molar-refractivity contribution in [2.24, 2.45) is 0 Å². The first-order valence-electron chi connectivity index (χ1n) is 8.84. The summed E-state index contributed by atoms with van der Waals surface area (Å²) in [7, 11) is 0. The maximum Gasteiger partial charge on any atom is 0.335 e. The standard InChI is InChI=1S/C21H19N3O3/c25-20(17-3-1-2-16(12-17)19-22-9-10-23-19)24-11-8-18(13-24)14-4-6-15(7-5-14)21(26)27/h1-7,9-10,12,18H,8,11,13H2,(H,22,23)(H,26,27). The number of nitrogens with one attached hydrogen (secondary N) is 1. The van der Waals surface area contributed by atoms with Crippen molar-refractivity contribution < 1.29 is 14.7 Å². The third-order valence-corrected chi connectivity index (χ3v) is 4.99. The molecule has 1 atom stereocenters. The monoisotopic (exact) mass is 361 g/mol. The van der Waals surface area contributed by atoms with E-state index in [1.165, 1.54) is 0 Å². The number of amides is 1. The van der Waals surface area contributed by atoms with Crippen LogP contribution in [0.25, 0.3) is 11.4 Å².